The number of rotatable bonds is 6. The predicted octanol–water partition coefficient (Wildman–Crippen LogP) is 3.94. The van der Waals surface area contributed by atoms with Gasteiger partial charge in [-0.1, -0.05) is 32.4 Å². The minimum absolute atomic E-state index is 0.0113. The number of nitrogens with two attached hydrogens (primary N) is 1. The van der Waals surface area contributed by atoms with E-state index >= 15 is 0 Å². The van der Waals surface area contributed by atoms with Crippen molar-refractivity contribution in [3.63, 3.8) is 0 Å². The van der Waals surface area contributed by atoms with E-state index in [2.05, 4.69) is 36.7 Å². The van der Waals surface area contributed by atoms with Crippen LogP contribution in [0.3, 0.4) is 0 Å². The van der Waals surface area contributed by atoms with Crippen LogP contribution >= 0.6 is 27.5 Å². The first-order chi connectivity index (χ1) is 9.30. The summed E-state index contributed by atoms with van der Waals surface area (Å²) >= 11 is 9.41. The van der Waals surface area contributed by atoms with Crippen LogP contribution in [-0.4, -0.2) is 30.4 Å². The van der Waals surface area contributed by atoms with Gasteiger partial charge in [-0.3, -0.25) is 4.79 Å². The van der Waals surface area contributed by atoms with Crippen LogP contribution in [0.15, 0.2) is 22.7 Å². The maximum atomic E-state index is 12.7. The van der Waals surface area contributed by atoms with Gasteiger partial charge in [0.1, 0.15) is 0 Å². The minimum Gasteiger partial charge on any atom is -0.338 e. The molecule has 0 atom stereocenters. The van der Waals surface area contributed by atoms with E-state index in [1.165, 1.54) is 0 Å². The molecule has 1 aromatic carbocycles. The van der Waals surface area contributed by atoms with E-state index < -0.39 is 0 Å². The molecule has 1 amide bonds. The SMILES string of the molecule is CCCN(CC(C)(C)CN)C(=O)c1cc(Cl)ccc1Br. The molecule has 0 saturated heterocycles. The molecule has 0 fully saturated rings. The lowest BCUT2D eigenvalue weighted by molar-refractivity contribution is 0.0688. The van der Waals surface area contributed by atoms with Crippen molar-refractivity contribution in [3.05, 3.63) is 33.3 Å². The van der Waals surface area contributed by atoms with E-state index in [1.54, 1.807) is 18.2 Å². The first kappa shape index (κ1) is 17.5. The fourth-order valence-corrected chi connectivity index (χ4v) is 2.52. The summed E-state index contributed by atoms with van der Waals surface area (Å²) in [5.41, 5.74) is 6.27. The summed E-state index contributed by atoms with van der Waals surface area (Å²) in [7, 11) is 0. The first-order valence-electron chi connectivity index (χ1n) is 6.75. The average Bonchev–Trinajstić information content (AvgIpc) is 2.40. The van der Waals surface area contributed by atoms with Crippen molar-refractivity contribution < 1.29 is 4.79 Å². The maximum absolute atomic E-state index is 12.7. The van der Waals surface area contributed by atoms with Crippen molar-refractivity contribution in [3.8, 4) is 0 Å². The summed E-state index contributed by atoms with van der Waals surface area (Å²) in [5.74, 6) is -0.0113. The summed E-state index contributed by atoms with van der Waals surface area (Å²) in [6.45, 7) is 8.07. The van der Waals surface area contributed by atoms with Gasteiger partial charge in [0.05, 0.1) is 5.56 Å². The third-order valence-corrected chi connectivity index (χ3v) is 4.04. The van der Waals surface area contributed by atoms with Gasteiger partial charge in [0, 0.05) is 22.6 Å². The topological polar surface area (TPSA) is 46.3 Å². The second-order valence-electron chi connectivity index (χ2n) is 5.72. The molecule has 5 heteroatoms. The third-order valence-electron chi connectivity index (χ3n) is 3.11. The van der Waals surface area contributed by atoms with Crippen LogP contribution < -0.4 is 5.73 Å². The molecule has 1 aromatic rings. The molecule has 0 spiro atoms. The summed E-state index contributed by atoms with van der Waals surface area (Å²) in [6.07, 6.45) is 0.907. The Kier molecular flexibility index (Phi) is 6.49. The molecule has 1 rings (SSSR count). The van der Waals surface area contributed by atoms with E-state index in [1.807, 2.05) is 4.90 Å². The molecule has 0 aliphatic rings. The molecular weight excluding hydrogens is 340 g/mol. The van der Waals surface area contributed by atoms with Crippen LogP contribution in [0.1, 0.15) is 37.6 Å². The summed E-state index contributed by atoms with van der Waals surface area (Å²) < 4.78 is 0.763. The van der Waals surface area contributed by atoms with Gasteiger partial charge in [0.25, 0.3) is 5.91 Å². The Morgan fingerprint density at radius 1 is 1.45 bits per heavy atom. The van der Waals surface area contributed by atoms with Crippen LogP contribution in [0.5, 0.6) is 0 Å². The van der Waals surface area contributed by atoms with Gasteiger partial charge in [0.15, 0.2) is 0 Å². The third kappa shape index (κ3) is 4.76. The number of nitrogens with zero attached hydrogens (tertiary/aromatic N) is 1. The van der Waals surface area contributed by atoms with Gasteiger partial charge in [-0.2, -0.15) is 0 Å². The Morgan fingerprint density at radius 2 is 2.10 bits per heavy atom. The Labute approximate surface area is 134 Å². The lowest BCUT2D eigenvalue weighted by Gasteiger charge is -2.32. The molecule has 0 unspecified atom stereocenters. The number of carbonyl (C=O) groups excluding carboxylic acids is 1. The highest BCUT2D eigenvalue weighted by Crippen LogP contribution is 2.24. The van der Waals surface area contributed by atoms with Crippen LogP contribution in [0.25, 0.3) is 0 Å². The first-order valence-corrected chi connectivity index (χ1v) is 7.92. The quantitative estimate of drug-likeness (QED) is 0.834. The molecule has 112 valence electrons. The average molecular weight is 362 g/mol. The highest BCUT2D eigenvalue weighted by atomic mass is 79.9. The molecule has 0 saturated carbocycles. The molecule has 20 heavy (non-hydrogen) atoms. The fourth-order valence-electron chi connectivity index (χ4n) is 1.94. The van der Waals surface area contributed by atoms with Gasteiger partial charge >= 0.3 is 0 Å². The van der Waals surface area contributed by atoms with Crippen LogP contribution in [0.2, 0.25) is 5.02 Å². The zero-order chi connectivity index (χ0) is 15.3. The number of benzene rings is 1. The van der Waals surface area contributed by atoms with Crippen molar-refractivity contribution in [1.29, 1.82) is 0 Å². The normalized spacial score (nSPS) is 11.5. The Balaban J connectivity index is 3.02. The second kappa shape index (κ2) is 7.43. The lowest BCUT2D eigenvalue weighted by atomic mass is 9.92. The largest absolute Gasteiger partial charge is 0.338 e. The Bertz CT molecular complexity index is 477. The van der Waals surface area contributed by atoms with Gasteiger partial charge < -0.3 is 10.6 Å². The van der Waals surface area contributed by atoms with Gasteiger partial charge in [-0.15, -0.1) is 0 Å². The van der Waals surface area contributed by atoms with Gasteiger partial charge in [-0.05, 0) is 52.5 Å². The van der Waals surface area contributed by atoms with Gasteiger partial charge in [0.2, 0.25) is 0 Å². The summed E-state index contributed by atoms with van der Waals surface area (Å²) in [5, 5.41) is 0.561. The number of amides is 1. The fraction of sp³-hybridized carbons (Fsp3) is 0.533. The van der Waals surface area contributed by atoms with Crippen molar-refractivity contribution in [2.45, 2.75) is 27.2 Å². The van der Waals surface area contributed by atoms with Crippen molar-refractivity contribution >= 4 is 33.4 Å². The van der Waals surface area contributed by atoms with Crippen LogP contribution in [-0.2, 0) is 0 Å². The smallest absolute Gasteiger partial charge is 0.255 e. The molecule has 0 aliphatic carbocycles. The van der Waals surface area contributed by atoms with E-state index in [0.717, 1.165) is 10.9 Å². The van der Waals surface area contributed by atoms with E-state index in [-0.39, 0.29) is 11.3 Å². The van der Waals surface area contributed by atoms with E-state index in [9.17, 15) is 4.79 Å². The number of carbonyl (C=O) groups is 1. The highest BCUT2D eigenvalue weighted by Gasteiger charge is 2.25. The van der Waals surface area contributed by atoms with Gasteiger partial charge in [-0.25, -0.2) is 0 Å². The van der Waals surface area contributed by atoms with Crippen LogP contribution in [0.4, 0.5) is 0 Å². The molecule has 0 bridgehead atoms. The standard InChI is InChI=1S/C15H22BrClN2O/c1-4-7-19(10-15(2,3)9-18)14(20)12-8-11(17)5-6-13(12)16/h5-6,8H,4,7,9-10,18H2,1-3H3. The number of hydrogen-bond donors (Lipinski definition) is 1. The van der Waals surface area contributed by atoms with Crippen molar-refractivity contribution in [2.75, 3.05) is 19.6 Å². The Morgan fingerprint density at radius 3 is 2.65 bits per heavy atom. The highest BCUT2D eigenvalue weighted by molar-refractivity contribution is 9.10. The maximum Gasteiger partial charge on any atom is 0.255 e. The van der Waals surface area contributed by atoms with Crippen LogP contribution in [0, 0.1) is 5.41 Å². The molecule has 3 nitrogen and oxygen atoms in total. The summed E-state index contributed by atoms with van der Waals surface area (Å²) in [6, 6.07) is 5.26. The predicted molar refractivity (Wildman–Crippen MR) is 88.2 cm³/mol. The Hall–Kier alpha value is -0.580. The molecule has 0 aromatic heterocycles. The lowest BCUT2D eigenvalue weighted by Crippen LogP contribution is -2.42. The monoisotopic (exact) mass is 360 g/mol. The zero-order valence-electron chi connectivity index (χ0n) is 12.2. The van der Waals surface area contributed by atoms with Crippen molar-refractivity contribution in [1.82, 2.24) is 4.90 Å². The molecular formula is C15H22BrClN2O. The van der Waals surface area contributed by atoms with E-state index in [0.29, 0.717) is 30.2 Å². The molecule has 2 N–H and O–H groups in total. The number of halogens is 2. The second-order valence-corrected chi connectivity index (χ2v) is 7.01. The molecule has 0 heterocycles. The summed E-state index contributed by atoms with van der Waals surface area (Å²) in [4.78, 5) is 14.5. The number of hydrogen-bond acceptors (Lipinski definition) is 2. The van der Waals surface area contributed by atoms with E-state index in [4.69, 9.17) is 17.3 Å². The van der Waals surface area contributed by atoms with Crippen molar-refractivity contribution in [2.24, 2.45) is 11.1 Å². The zero-order valence-corrected chi connectivity index (χ0v) is 14.6. The minimum atomic E-state index is -0.101. The molecule has 0 radical (unpaired) electrons. The molecule has 0 aliphatic heterocycles.